The molecule has 0 saturated carbocycles. The summed E-state index contributed by atoms with van der Waals surface area (Å²) in [7, 11) is 0. The SMILES string of the molecule is C=C(C)OCCOCCOCCOCCOCCO. The molecule has 0 radical (unpaired) electrons. The van der Waals surface area contributed by atoms with Crippen LogP contribution in [-0.2, 0) is 23.7 Å². The van der Waals surface area contributed by atoms with Crippen molar-refractivity contribution < 1.29 is 28.8 Å². The molecule has 6 nitrogen and oxygen atoms in total. The van der Waals surface area contributed by atoms with Crippen LogP contribution in [0.2, 0.25) is 0 Å². The molecule has 0 aromatic carbocycles. The molecule has 0 aromatic rings. The van der Waals surface area contributed by atoms with Crippen molar-refractivity contribution in [3.63, 3.8) is 0 Å². The van der Waals surface area contributed by atoms with Crippen LogP contribution in [0.25, 0.3) is 0 Å². The van der Waals surface area contributed by atoms with Gasteiger partial charge in [-0.1, -0.05) is 6.58 Å². The average Bonchev–Trinajstić information content (AvgIpc) is 2.39. The Balaban J connectivity index is 2.93. The summed E-state index contributed by atoms with van der Waals surface area (Å²) in [6, 6.07) is 0. The van der Waals surface area contributed by atoms with Crippen LogP contribution in [0.1, 0.15) is 6.92 Å². The van der Waals surface area contributed by atoms with Gasteiger partial charge in [0.05, 0.1) is 65.2 Å². The maximum atomic E-state index is 8.46. The Kier molecular flexibility index (Phi) is 14.9. The van der Waals surface area contributed by atoms with Crippen LogP contribution in [0.4, 0.5) is 0 Å². The predicted octanol–water partition coefficient (Wildman–Crippen LogP) is 0.595. The first kappa shape index (κ1) is 18.3. The zero-order chi connectivity index (χ0) is 14.2. The average molecular weight is 278 g/mol. The highest BCUT2D eigenvalue weighted by Gasteiger charge is 1.93. The molecule has 0 aliphatic carbocycles. The van der Waals surface area contributed by atoms with E-state index in [9.17, 15) is 0 Å². The third kappa shape index (κ3) is 17.3. The highest BCUT2D eigenvalue weighted by Crippen LogP contribution is 1.89. The molecule has 114 valence electrons. The van der Waals surface area contributed by atoms with Crippen molar-refractivity contribution in [2.24, 2.45) is 0 Å². The number of aliphatic hydroxyl groups excluding tert-OH is 1. The van der Waals surface area contributed by atoms with Gasteiger partial charge in [0.1, 0.15) is 6.61 Å². The predicted molar refractivity (Wildman–Crippen MR) is 71.1 cm³/mol. The van der Waals surface area contributed by atoms with E-state index < -0.39 is 0 Å². The maximum Gasteiger partial charge on any atom is 0.111 e. The third-order valence-corrected chi connectivity index (χ3v) is 1.93. The van der Waals surface area contributed by atoms with E-state index in [1.165, 1.54) is 0 Å². The lowest BCUT2D eigenvalue weighted by atomic mass is 10.6. The van der Waals surface area contributed by atoms with E-state index in [1.54, 1.807) is 6.92 Å². The first-order chi connectivity index (χ1) is 9.27. The van der Waals surface area contributed by atoms with Crippen molar-refractivity contribution in [2.45, 2.75) is 6.92 Å². The van der Waals surface area contributed by atoms with Gasteiger partial charge < -0.3 is 28.8 Å². The van der Waals surface area contributed by atoms with Crippen molar-refractivity contribution in [3.8, 4) is 0 Å². The molecule has 6 heteroatoms. The number of allylic oxidation sites excluding steroid dienone is 1. The van der Waals surface area contributed by atoms with E-state index in [4.69, 9.17) is 28.8 Å². The molecule has 0 bridgehead atoms. The zero-order valence-electron chi connectivity index (χ0n) is 11.8. The van der Waals surface area contributed by atoms with Crippen LogP contribution >= 0.6 is 0 Å². The lowest BCUT2D eigenvalue weighted by Gasteiger charge is -2.08. The minimum atomic E-state index is 0.0422. The summed E-state index contributed by atoms with van der Waals surface area (Å²) in [5.41, 5.74) is 0. The van der Waals surface area contributed by atoms with Crippen LogP contribution in [0.3, 0.4) is 0 Å². The Labute approximate surface area is 115 Å². The Bertz CT molecular complexity index is 198. The number of rotatable bonds is 15. The van der Waals surface area contributed by atoms with Crippen molar-refractivity contribution in [1.82, 2.24) is 0 Å². The molecular weight excluding hydrogens is 252 g/mol. The number of ether oxygens (including phenoxy) is 5. The van der Waals surface area contributed by atoms with Crippen LogP contribution in [0, 0.1) is 0 Å². The molecule has 0 aromatic heterocycles. The highest BCUT2D eigenvalue weighted by atomic mass is 16.6. The van der Waals surface area contributed by atoms with Crippen molar-refractivity contribution in [3.05, 3.63) is 12.3 Å². The summed E-state index contributed by atoms with van der Waals surface area (Å²) in [6.45, 7) is 10.0. The van der Waals surface area contributed by atoms with Crippen molar-refractivity contribution in [2.75, 3.05) is 66.1 Å². The fourth-order valence-corrected chi connectivity index (χ4v) is 1.10. The first-order valence-corrected chi connectivity index (χ1v) is 6.47. The molecule has 0 spiro atoms. The van der Waals surface area contributed by atoms with Crippen molar-refractivity contribution >= 4 is 0 Å². The van der Waals surface area contributed by atoms with E-state index in [2.05, 4.69) is 6.58 Å². The van der Waals surface area contributed by atoms with Crippen molar-refractivity contribution in [1.29, 1.82) is 0 Å². The molecule has 0 aliphatic heterocycles. The molecule has 0 heterocycles. The largest absolute Gasteiger partial charge is 0.496 e. The summed E-state index contributed by atoms with van der Waals surface area (Å²) in [6.07, 6.45) is 0. The summed E-state index contributed by atoms with van der Waals surface area (Å²) in [4.78, 5) is 0. The molecule has 1 N–H and O–H groups in total. The Morgan fingerprint density at radius 3 is 1.47 bits per heavy atom. The Morgan fingerprint density at radius 2 is 1.11 bits per heavy atom. The molecule has 0 aliphatic rings. The molecule has 0 rings (SSSR count). The molecule has 0 amide bonds. The molecule has 0 atom stereocenters. The Morgan fingerprint density at radius 1 is 0.737 bits per heavy atom. The number of aliphatic hydroxyl groups is 1. The summed E-state index contributed by atoms with van der Waals surface area (Å²) in [5.74, 6) is 0.694. The van der Waals surface area contributed by atoms with Gasteiger partial charge in [0, 0.05) is 0 Å². The molecule has 19 heavy (non-hydrogen) atoms. The number of hydrogen-bond donors (Lipinski definition) is 1. The van der Waals surface area contributed by atoms with Gasteiger partial charge in [-0.25, -0.2) is 0 Å². The highest BCUT2D eigenvalue weighted by molar-refractivity contribution is 4.72. The van der Waals surface area contributed by atoms with Crippen LogP contribution in [0.15, 0.2) is 12.3 Å². The first-order valence-electron chi connectivity index (χ1n) is 6.47. The standard InChI is InChI=1S/C13H26O6/c1-13(2)19-12-11-18-10-9-17-8-7-16-6-5-15-4-3-14/h14H,1,3-12H2,2H3. The zero-order valence-corrected chi connectivity index (χ0v) is 11.8. The monoisotopic (exact) mass is 278 g/mol. The van der Waals surface area contributed by atoms with Gasteiger partial charge in [-0.2, -0.15) is 0 Å². The molecule has 0 fully saturated rings. The van der Waals surface area contributed by atoms with Crippen LogP contribution in [-0.4, -0.2) is 71.2 Å². The van der Waals surface area contributed by atoms with Gasteiger partial charge >= 0.3 is 0 Å². The smallest absolute Gasteiger partial charge is 0.111 e. The fourth-order valence-electron chi connectivity index (χ4n) is 1.10. The van der Waals surface area contributed by atoms with Crippen LogP contribution < -0.4 is 0 Å². The second kappa shape index (κ2) is 15.4. The van der Waals surface area contributed by atoms with E-state index in [0.717, 1.165) is 0 Å². The van der Waals surface area contributed by atoms with Gasteiger partial charge in [0.2, 0.25) is 0 Å². The second-order valence-electron chi connectivity index (χ2n) is 3.72. The normalized spacial score (nSPS) is 10.6. The van der Waals surface area contributed by atoms with Gasteiger partial charge in [-0.3, -0.25) is 0 Å². The van der Waals surface area contributed by atoms with E-state index >= 15 is 0 Å². The van der Waals surface area contributed by atoms with E-state index in [0.29, 0.717) is 65.2 Å². The molecule has 0 saturated heterocycles. The molecular formula is C13H26O6. The number of hydrogen-bond acceptors (Lipinski definition) is 6. The summed E-state index contributed by atoms with van der Waals surface area (Å²) < 4.78 is 26.0. The van der Waals surface area contributed by atoms with Gasteiger partial charge in [-0.15, -0.1) is 0 Å². The topological polar surface area (TPSA) is 66.4 Å². The van der Waals surface area contributed by atoms with Gasteiger partial charge in [0.25, 0.3) is 0 Å². The van der Waals surface area contributed by atoms with Crippen LogP contribution in [0.5, 0.6) is 0 Å². The van der Waals surface area contributed by atoms with E-state index in [1.807, 2.05) is 0 Å². The summed E-state index contributed by atoms with van der Waals surface area (Å²) >= 11 is 0. The fraction of sp³-hybridized carbons (Fsp3) is 0.846. The van der Waals surface area contributed by atoms with Gasteiger partial charge in [-0.05, 0) is 6.92 Å². The van der Waals surface area contributed by atoms with Gasteiger partial charge in [0.15, 0.2) is 0 Å². The summed E-state index contributed by atoms with van der Waals surface area (Å²) in [5, 5.41) is 8.46. The maximum absolute atomic E-state index is 8.46. The lowest BCUT2D eigenvalue weighted by Crippen LogP contribution is -2.13. The Hall–Kier alpha value is -0.660. The molecule has 0 unspecified atom stereocenters. The lowest BCUT2D eigenvalue weighted by molar-refractivity contribution is -0.00982. The quantitative estimate of drug-likeness (QED) is 0.349. The minimum absolute atomic E-state index is 0.0422. The minimum Gasteiger partial charge on any atom is -0.496 e. The second-order valence-corrected chi connectivity index (χ2v) is 3.72. The van der Waals surface area contributed by atoms with E-state index in [-0.39, 0.29) is 6.61 Å². The third-order valence-electron chi connectivity index (χ3n) is 1.93.